The number of fused-ring (bicyclic) bond motifs is 1. The van der Waals surface area contributed by atoms with E-state index in [9.17, 15) is 4.39 Å². The van der Waals surface area contributed by atoms with Crippen molar-refractivity contribution in [3.8, 4) is 11.5 Å². The zero-order chi connectivity index (χ0) is 11.5. The second-order valence-corrected chi connectivity index (χ2v) is 3.78. The number of hydrogen-bond donors (Lipinski definition) is 1. The number of nitrogens with two attached hydrogens (primary N) is 1. The summed E-state index contributed by atoms with van der Waals surface area (Å²) in [7, 11) is 0. The van der Waals surface area contributed by atoms with Crippen LogP contribution in [0, 0.1) is 5.82 Å². The van der Waals surface area contributed by atoms with E-state index in [1.165, 1.54) is 12.1 Å². The van der Waals surface area contributed by atoms with Gasteiger partial charge in [0.15, 0.2) is 11.5 Å². The van der Waals surface area contributed by atoms with Gasteiger partial charge in [0.05, 0.1) is 0 Å². The molecular weight excluding hydrogens is 209 g/mol. The highest BCUT2D eigenvalue weighted by Gasteiger charge is 2.22. The quantitative estimate of drug-likeness (QED) is 0.795. The second kappa shape index (κ2) is 4.53. The molecule has 1 aromatic rings. The van der Waals surface area contributed by atoms with Crippen LogP contribution in [-0.4, -0.2) is 18.8 Å². The minimum Gasteiger partial charge on any atom is -0.486 e. The Bertz CT molecular complexity index is 395. The average Bonchev–Trinajstić information content (AvgIpc) is 2.28. The molecule has 1 heterocycles. The summed E-state index contributed by atoms with van der Waals surface area (Å²) in [4.78, 5) is 0. The molecule has 0 saturated carbocycles. The van der Waals surface area contributed by atoms with Crippen molar-refractivity contribution in [3.63, 3.8) is 0 Å². The van der Waals surface area contributed by atoms with Crippen LogP contribution in [0.4, 0.5) is 4.39 Å². The number of ether oxygens (including phenoxy) is 2. The van der Waals surface area contributed by atoms with Crippen molar-refractivity contribution in [3.05, 3.63) is 36.7 Å². The van der Waals surface area contributed by atoms with Gasteiger partial charge >= 0.3 is 0 Å². The molecule has 16 heavy (non-hydrogen) atoms. The Morgan fingerprint density at radius 1 is 1.56 bits per heavy atom. The van der Waals surface area contributed by atoms with E-state index in [1.807, 2.05) is 0 Å². The van der Waals surface area contributed by atoms with Crippen LogP contribution in [-0.2, 0) is 0 Å². The summed E-state index contributed by atoms with van der Waals surface area (Å²) in [5, 5.41) is 0. The molecule has 0 spiro atoms. The maximum atomic E-state index is 13.0. The van der Waals surface area contributed by atoms with Crippen molar-refractivity contribution >= 4 is 0 Å². The van der Waals surface area contributed by atoms with Gasteiger partial charge in [-0.1, -0.05) is 6.08 Å². The van der Waals surface area contributed by atoms with Crippen LogP contribution in [0.15, 0.2) is 30.9 Å². The van der Waals surface area contributed by atoms with Crippen molar-refractivity contribution in [2.75, 3.05) is 6.61 Å². The van der Waals surface area contributed by atoms with Gasteiger partial charge in [-0.05, 0) is 12.1 Å². The van der Waals surface area contributed by atoms with E-state index in [-0.39, 0.29) is 18.0 Å². The third-order valence-corrected chi connectivity index (χ3v) is 2.46. The molecule has 0 amide bonds. The first-order chi connectivity index (χ1) is 7.69. The minimum absolute atomic E-state index is 0.135. The van der Waals surface area contributed by atoms with Crippen LogP contribution in [0.2, 0.25) is 0 Å². The molecule has 1 aromatic carbocycles. The molecule has 3 nitrogen and oxygen atoms in total. The molecule has 0 fully saturated rings. The summed E-state index contributed by atoms with van der Waals surface area (Å²) in [6.45, 7) is 4.03. The third-order valence-electron chi connectivity index (χ3n) is 2.46. The lowest BCUT2D eigenvalue weighted by Crippen LogP contribution is -2.34. The molecule has 1 aliphatic rings. The molecule has 2 rings (SSSR count). The Balaban J connectivity index is 2.07. The van der Waals surface area contributed by atoms with Gasteiger partial charge in [0.25, 0.3) is 0 Å². The number of benzene rings is 1. The molecule has 86 valence electrons. The average molecular weight is 223 g/mol. The van der Waals surface area contributed by atoms with Crippen molar-refractivity contribution < 1.29 is 13.9 Å². The summed E-state index contributed by atoms with van der Waals surface area (Å²) < 4.78 is 24.0. The van der Waals surface area contributed by atoms with E-state index in [0.717, 1.165) is 0 Å². The minimum atomic E-state index is -0.337. The van der Waals surface area contributed by atoms with E-state index < -0.39 is 0 Å². The SMILES string of the molecule is C=CC(N)CC1COc2ccc(F)cc2O1. The normalized spacial score (nSPS) is 20.2. The molecule has 0 radical (unpaired) electrons. The Labute approximate surface area is 93.7 Å². The van der Waals surface area contributed by atoms with Gasteiger partial charge in [0.2, 0.25) is 0 Å². The number of hydrogen-bond acceptors (Lipinski definition) is 3. The lowest BCUT2D eigenvalue weighted by atomic mass is 10.1. The third kappa shape index (κ3) is 2.33. The van der Waals surface area contributed by atoms with Crippen LogP contribution in [0.25, 0.3) is 0 Å². The summed E-state index contributed by atoms with van der Waals surface area (Å²) >= 11 is 0. The first-order valence-electron chi connectivity index (χ1n) is 5.16. The van der Waals surface area contributed by atoms with Gasteiger partial charge in [-0.2, -0.15) is 0 Å². The van der Waals surface area contributed by atoms with E-state index in [4.69, 9.17) is 15.2 Å². The monoisotopic (exact) mass is 223 g/mol. The molecule has 2 unspecified atom stereocenters. The predicted octanol–water partition coefficient (Wildman–Crippen LogP) is 1.87. The van der Waals surface area contributed by atoms with Gasteiger partial charge in [0, 0.05) is 18.5 Å². The standard InChI is InChI=1S/C12H14FNO2/c1-2-9(14)6-10-7-15-11-4-3-8(13)5-12(11)16-10/h2-5,9-10H,1,6-7,14H2. The van der Waals surface area contributed by atoms with Crippen LogP contribution in [0.5, 0.6) is 11.5 Å². The van der Waals surface area contributed by atoms with E-state index in [2.05, 4.69) is 6.58 Å². The summed E-state index contributed by atoms with van der Waals surface area (Å²) in [5.41, 5.74) is 5.73. The predicted molar refractivity (Wildman–Crippen MR) is 59.1 cm³/mol. The van der Waals surface area contributed by atoms with Crippen LogP contribution >= 0.6 is 0 Å². The Morgan fingerprint density at radius 3 is 3.12 bits per heavy atom. The van der Waals surface area contributed by atoms with Gasteiger partial charge in [-0.3, -0.25) is 0 Å². The lowest BCUT2D eigenvalue weighted by molar-refractivity contribution is 0.0822. The first-order valence-corrected chi connectivity index (χ1v) is 5.16. The molecule has 2 atom stereocenters. The van der Waals surface area contributed by atoms with E-state index >= 15 is 0 Å². The lowest BCUT2D eigenvalue weighted by Gasteiger charge is -2.27. The summed E-state index contributed by atoms with van der Waals surface area (Å²) in [6, 6.07) is 4.09. The number of rotatable bonds is 3. The van der Waals surface area contributed by atoms with Gasteiger partial charge < -0.3 is 15.2 Å². The Morgan fingerprint density at radius 2 is 2.38 bits per heavy atom. The van der Waals surface area contributed by atoms with Gasteiger partial charge in [0.1, 0.15) is 18.5 Å². The van der Waals surface area contributed by atoms with E-state index in [1.54, 1.807) is 12.1 Å². The zero-order valence-corrected chi connectivity index (χ0v) is 8.86. The molecule has 2 N–H and O–H groups in total. The highest BCUT2D eigenvalue weighted by molar-refractivity contribution is 5.41. The van der Waals surface area contributed by atoms with Crippen LogP contribution in [0.3, 0.4) is 0 Å². The van der Waals surface area contributed by atoms with Crippen molar-refractivity contribution in [1.29, 1.82) is 0 Å². The summed E-state index contributed by atoms with van der Waals surface area (Å²) in [6.07, 6.45) is 2.12. The summed E-state index contributed by atoms with van der Waals surface area (Å²) in [5.74, 6) is 0.674. The zero-order valence-electron chi connectivity index (χ0n) is 8.86. The smallest absolute Gasteiger partial charge is 0.164 e. The molecular formula is C12H14FNO2. The van der Waals surface area contributed by atoms with Crippen LogP contribution < -0.4 is 15.2 Å². The van der Waals surface area contributed by atoms with Gasteiger partial charge in [-0.15, -0.1) is 6.58 Å². The van der Waals surface area contributed by atoms with Crippen molar-refractivity contribution in [1.82, 2.24) is 0 Å². The molecule has 0 aliphatic carbocycles. The fourth-order valence-electron chi connectivity index (χ4n) is 1.61. The maximum absolute atomic E-state index is 13.0. The Kier molecular flexibility index (Phi) is 3.10. The van der Waals surface area contributed by atoms with E-state index in [0.29, 0.717) is 24.5 Å². The van der Waals surface area contributed by atoms with Crippen LogP contribution in [0.1, 0.15) is 6.42 Å². The maximum Gasteiger partial charge on any atom is 0.164 e. The topological polar surface area (TPSA) is 44.5 Å². The fourth-order valence-corrected chi connectivity index (χ4v) is 1.61. The molecule has 0 aromatic heterocycles. The van der Waals surface area contributed by atoms with Gasteiger partial charge in [-0.25, -0.2) is 4.39 Å². The molecule has 1 aliphatic heterocycles. The molecule has 4 heteroatoms. The second-order valence-electron chi connectivity index (χ2n) is 3.78. The molecule has 0 bridgehead atoms. The van der Waals surface area contributed by atoms with Crippen molar-refractivity contribution in [2.45, 2.75) is 18.6 Å². The van der Waals surface area contributed by atoms with Crippen molar-refractivity contribution in [2.24, 2.45) is 5.73 Å². The first kappa shape index (κ1) is 11.0. The highest BCUT2D eigenvalue weighted by atomic mass is 19.1. The highest BCUT2D eigenvalue weighted by Crippen LogP contribution is 2.32. The largest absolute Gasteiger partial charge is 0.486 e. The number of halogens is 1. The molecule has 0 saturated heterocycles. The Hall–Kier alpha value is -1.55. The fraction of sp³-hybridized carbons (Fsp3) is 0.333.